The van der Waals surface area contributed by atoms with Crippen LogP contribution >= 0.6 is 11.8 Å². The third-order valence-corrected chi connectivity index (χ3v) is 22.2. The smallest absolute Gasteiger partial charge is 0.248 e. The summed E-state index contributed by atoms with van der Waals surface area (Å²) in [4.78, 5) is 172. The molecule has 0 saturated carbocycles. The van der Waals surface area contributed by atoms with E-state index in [1.807, 2.05) is 20.1 Å². The number of aromatic hydroxyl groups is 1. The lowest BCUT2D eigenvalue weighted by Gasteiger charge is -2.35. The summed E-state index contributed by atoms with van der Waals surface area (Å²) in [6.45, 7) is 10.0. The molecule has 3 fully saturated rings. The van der Waals surface area contributed by atoms with Crippen LogP contribution in [0, 0.1) is 23.7 Å². The Morgan fingerprint density at radius 1 is 0.661 bits per heavy atom. The Labute approximate surface area is 678 Å². The fraction of sp³-hybridized carbons (Fsp3) is 0.700. The van der Waals surface area contributed by atoms with Gasteiger partial charge in [0.1, 0.15) is 60.3 Å². The van der Waals surface area contributed by atoms with Gasteiger partial charge in [-0.3, -0.25) is 62.9 Å². The predicted octanol–water partition coefficient (Wildman–Crippen LogP) is -1.32. The molecule has 115 heavy (non-hydrogen) atoms. The van der Waals surface area contributed by atoms with Gasteiger partial charge in [0.05, 0.1) is 54.6 Å². The highest BCUT2D eigenvalue weighted by atomic mass is 32.2. The van der Waals surface area contributed by atoms with E-state index >= 15 is 9.59 Å². The third kappa shape index (κ3) is 32.1. The molecule has 646 valence electrons. The van der Waals surface area contributed by atoms with Gasteiger partial charge in [0, 0.05) is 71.4 Å². The molecular formula is C80H130N14O20S. The van der Waals surface area contributed by atoms with Gasteiger partial charge in [-0.1, -0.05) is 122 Å². The molecule has 0 bridgehead atoms. The maximum Gasteiger partial charge on any atom is 0.248 e. The largest absolute Gasteiger partial charge is 0.508 e. The van der Waals surface area contributed by atoms with Crippen molar-refractivity contribution in [2.75, 3.05) is 51.3 Å². The first-order valence-electron chi connectivity index (χ1n) is 40.7. The average molecular weight is 1640 g/mol. The van der Waals surface area contributed by atoms with Crippen LogP contribution in [-0.2, 0) is 64.0 Å². The Bertz CT molecular complexity index is 3410. The molecule has 0 unspecified atom stereocenters. The van der Waals surface area contributed by atoms with E-state index in [1.54, 1.807) is 30.3 Å². The second kappa shape index (κ2) is 50.6. The van der Waals surface area contributed by atoms with E-state index in [4.69, 9.17) is 11.5 Å². The number of nitrogens with one attached hydrogen (secondary N) is 10. The molecule has 11 amide bonds. The summed E-state index contributed by atoms with van der Waals surface area (Å²) >= 11 is 1.48. The number of phenolic OH excluding ortho intramolecular Hbond substituents is 1. The molecule has 3 aliphatic rings. The fourth-order valence-electron chi connectivity index (χ4n) is 14.7. The zero-order chi connectivity index (χ0) is 85.0. The van der Waals surface area contributed by atoms with Crippen LogP contribution in [0.15, 0.2) is 54.6 Å². The number of rotatable bonds is 44. The minimum absolute atomic E-state index is 0.0513. The normalized spacial score (nSPS) is 24.0. The maximum absolute atomic E-state index is 15.3. The Balaban J connectivity index is 1.40. The van der Waals surface area contributed by atoms with Gasteiger partial charge in [0.2, 0.25) is 65.5 Å². The molecule has 3 aliphatic heterocycles. The van der Waals surface area contributed by atoms with Crippen molar-refractivity contribution in [3.63, 3.8) is 0 Å². The van der Waals surface area contributed by atoms with Gasteiger partial charge >= 0.3 is 0 Å². The number of fused-ring (bicyclic) bond motifs is 2. The first-order chi connectivity index (χ1) is 54.7. The van der Waals surface area contributed by atoms with Crippen LogP contribution in [-0.4, -0.2) is 270 Å². The number of nitrogens with zero attached hydrogens (tertiary/aromatic N) is 2. The minimum Gasteiger partial charge on any atom is -0.508 e. The number of aliphatic hydroxyl groups excluding tert-OH is 7. The van der Waals surface area contributed by atoms with Crippen molar-refractivity contribution in [3.8, 4) is 5.75 Å². The molecule has 0 aliphatic carbocycles. The van der Waals surface area contributed by atoms with E-state index < -0.39 is 219 Å². The number of carbonyl (C=O) groups is 12. The van der Waals surface area contributed by atoms with E-state index in [9.17, 15) is 88.8 Å². The molecule has 3 heterocycles. The predicted molar refractivity (Wildman–Crippen MR) is 430 cm³/mol. The molecular weight excluding hydrogens is 1510 g/mol. The van der Waals surface area contributed by atoms with Gasteiger partial charge in [0.15, 0.2) is 5.78 Å². The molecule has 20 atom stereocenters. The van der Waals surface area contributed by atoms with E-state index in [1.165, 1.54) is 30.3 Å². The number of nitrogens with two attached hydrogens (primary N) is 2. The van der Waals surface area contributed by atoms with Gasteiger partial charge in [0.25, 0.3) is 0 Å². The number of amides is 11. The summed E-state index contributed by atoms with van der Waals surface area (Å²) < 4.78 is 0. The quantitative estimate of drug-likeness (QED) is 0.0270. The SMILES string of the molecule is CC[C@H](C)C[C@H](C)CCCCCCCCC(=O)N[C@H]1C[C@@H](O)[C@@H](NCCN)NC(=O)[C@@H]2[C@@H](O)CCN2C(=O)[C@H]([C@H](O)CCNC(=O)[C@@H](N)CCCCNC(=O)[C@H](Cc2ccccc2)NC(=O)[C@H](CC(C)C)NC(=O)[C@H](CCSC)NC=O)NC(=O)[C@H]([C@H](O)[C@@H](O)c2ccc(O)cc2)CC(=O)[C@@H]2C[C@@H](O)CN2C(=O)[C@H]([C@@H](C)O)NC1=O. The maximum atomic E-state index is 15.3. The van der Waals surface area contributed by atoms with Crippen molar-refractivity contribution in [1.82, 2.24) is 63.0 Å². The van der Waals surface area contributed by atoms with Gasteiger partial charge in [-0.2, -0.15) is 11.8 Å². The highest BCUT2D eigenvalue weighted by Gasteiger charge is 2.49. The van der Waals surface area contributed by atoms with Gasteiger partial charge in [-0.05, 0) is 118 Å². The number of carbonyl (C=O) groups excluding carboxylic acids is 12. The number of aliphatic hydroxyl groups is 7. The topological polar surface area (TPSA) is 545 Å². The Kier molecular flexibility index (Phi) is 43.0. The van der Waals surface area contributed by atoms with Crippen molar-refractivity contribution in [2.24, 2.45) is 35.1 Å². The lowest BCUT2D eigenvalue weighted by Crippen LogP contribution is -2.63. The molecule has 35 heteroatoms. The fourth-order valence-corrected chi connectivity index (χ4v) is 15.2. The summed E-state index contributed by atoms with van der Waals surface area (Å²) in [6.07, 6.45) is -6.00. The zero-order valence-corrected chi connectivity index (χ0v) is 68.4. The minimum atomic E-state index is -2.30. The van der Waals surface area contributed by atoms with E-state index in [0.29, 0.717) is 43.3 Å². The average Bonchev–Trinajstić information content (AvgIpc) is 1.76. The first-order valence-corrected chi connectivity index (χ1v) is 42.1. The van der Waals surface area contributed by atoms with Crippen molar-refractivity contribution in [1.29, 1.82) is 0 Å². The van der Waals surface area contributed by atoms with Crippen molar-refractivity contribution < 1.29 is 98.4 Å². The number of unbranched alkanes of at least 4 members (excludes halogenated alkanes) is 6. The van der Waals surface area contributed by atoms with Crippen LogP contribution in [0.1, 0.15) is 187 Å². The van der Waals surface area contributed by atoms with Crippen LogP contribution < -0.4 is 64.6 Å². The molecule has 22 N–H and O–H groups in total. The van der Waals surface area contributed by atoms with Crippen LogP contribution in [0.25, 0.3) is 0 Å². The number of benzene rings is 2. The zero-order valence-electron chi connectivity index (χ0n) is 67.6. The monoisotopic (exact) mass is 1640 g/mol. The number of Topliss-reactive ketones (excluding diaryl/α,β-unsaturated/α-hetero) is 1. The van der Waals surface area contributed by atoms with Crippen LogP contribution in [0.4, 0.5) is 0 Å². The number of hydrogen-bond donors (Lipinski definition) is 20. The highest BCUT2D eigenvalue weighted by Crippen LogP contribution is 2.31. The second-order valence-corrected chi connectivity index (χ2v) is 32.5. The molecule has 0 spiro atoms. The Hall–Kier alpha value is -7.97. The molecule has 3 saturated heterocycles. The molecule has 5 rings (SSSR count). The van der Waals surface area contributed by atoms with Gasteiger partial charge in [-0.25, -0.2) is 0 Å². The second-order valence-electron chi connectivity index (χ2n) is 31.5. The van der Waals surface area contributed by atoms with E-state index in [-0.39, 0.29) is 81.8 Å². The first kappa shape index (κ1) is 97.6. The highest BCUT2D eigenvalue weighted by molar-refractivity contribution is 7.98. The lowest BCUT2D eigenvalue weighted by atomic mass is 9.86. The van der Waals surface area contributed by atoms with E-state index in [0.717, 1.165) is 72.9 Å². The summed E-state index contributed by atoms with van der Waals surface area (Å²) in [5.41, 5.74) is 12.9. The van der Waals surface area contributed by atoms with E-state index in [2.05, 4.69) is 73.9 Å². The van der Waals surface area contributed by atoms with Crippen LogP contribution in [0.5, 0.6) is 5.75 Å². The van der Waals surface area contributed by atoms with Gasteiger partial charge < -0.3 is 110 Å². The Morgan fingerprint density at radius 3 is 1.95 bits per heavy atom. The van der Waals surface area contributed by atoms with Crippen molar-refractivity contribution in [3.05, 3.63) is 65.7 Å². The molecule has 34 nitrogen and oxygen atoms in total. The third-order valence-electron chi connectivity index (χ3n) is 21.5. The number of phenols is 1. The molecule has 2 aromatic rings. The lowest BCUT2D eigenvalue weighted by molar-refractivity contribution is -0.149. The Morgan fingerprint density at radius 2 is 1.30 bits per heavy atom. The summed E-state index contributed by atoms with van der Waals surface area (Å²) in [5.74, 6) is -10.7. The standard InChI is InChI=1S/C80H130N14O20S/c1-8-47(4)39-48(5)20-14-11-9-10-12-17-24-65(103)87-59-43-64(102)71(83-35-32-81)92-78(112)68-62(100)30-36-93(68)80(114)67(91-72(106)54(70(105)69(104)51-25-27-52(97)28-26-51)42-63(101)60-41-53(98)44-94(60)79(113)66(49(6)96)90-77(59)111)61(99)29-34-85-73(107)55(82)23-18-19-33-84-74(108)58(40-50-21-15-13-16-22-50)89-76(110)57(38-46(2)3)88-75(109)56(86-45-95)31-37-115-7/h13,15-16,21-22,25-28,45-49,53-62,64,66-71,83,96-100,102,104-105H,8-12,14,17-20,23-24,29-44,81-82H2,1-7H3,(H,84,108)(H,85,107)(H,86,95)(H,87,103)(H,88,109)(H,89,110)(H,90,111)(H,91,106)(H,92,112)/t47-,48+,49+,53+,54-,55-,56-,57-,58-,59-,60-,61+,62-,64+,66-,67-,68-,69-,70-,71-/m0/s1. The molecule has 0 aromatic heterocycles. The number of ketones is 1. The number of thioether (sulfide) groups is 1. The van der Waals surface area contributed by atoms with Crippen LogP contribution in [0.2, 0.25) is 0 Å². The summed E-state index contributed by atoms with van der Waals surface area (Å²) in [6, 6.07) is 0.0259. The number of hydrogen-bond acceptors (Lipinski definition) is 24. The van der Waals surface area contributed by atoms with Crippen LogP contribution in [0.3, 0.4) is 0 Å². The summed E-state index contributed by atoms with van der Waals surface area (Å²) in [7, 11) is 0. The molecule has 2 aromatic carbocycles. The van der Waals surface area contributed by atoms with Crippen molar-refractivity contribution >= 4 is 83.0 Å². The van der Waals surface area contributed by atoms with Crippen molar-refractivity contribution in [2.45, 2.75) is 280 Å². The molecule has 0 radical (unpaired) electrons. The van der Waals surface area contributed by atoms with Gasteiger partial charge in [-0.15, -0.1) is 0 Å². The summed E-state index contributed by atoms with van der Waals surface area (Å²) in [5, 5.41) is 119.